The lowest BCUT2D eigenvalue weighted by molar-refractivity contribution is 0.318. The zero-order valence-corrected chi connectivity index (χ0v) is 12.3. The molecular weight excluding hydrogens is 318 g/mol. The molecule has 0 radical (unpaired) electrons. The molecule has 0 spiro atoms. The zero-order chi connectivity index (χ0) is 14.1. The second kappa shape index (κ2) is 5.17. The summed E-state index contributed by atoms with van der Waals surface area (Å²) in [5, 5.41) is 12.1. The molecule has 0 amide bonds. The maximum Gasteiger partial charge on any atom is 0.173 e. The molecule has 3 rings (SSSR count). The Morgan fingerprint density at radius 3 is 2.35 bits per heavy atom. The third-order valence-electron chi connectivity index (χ3n) is 3.54. The van der Waals surface area contributed by atoms with Crippen LogP contribution in [-0.2, 0) is 13.1 Å². The van der Waals surface area contributed by atoms with E-state index in [1.54, 1.807) is 0 Å². The number of hydrogen-bond donors (Lipinski definition) is 2. The molecule has 0 atom stereocenters. The molecule has 0 bridgehead atoms. The highest BCUT2D eigenvalue weighted by molar-refractivity contribution is 9.10. The quantitative estimate of drug-likeness (QED) is 0.385. The number of amidine groups is 1. The van der Waals surface area contributed by atoms with Crippen molar-refractivity contribution in [3.8, 4) is 0 Å². The molecule has 0 aromatic heterocycles. The van der Waals surface area contributed by atoms with Crippen LogP contribution in [0, 0.1) is 0 Å². The van der Waals surface area contributed by atoms with E-state index in [1.807, 2.05) is 30.3 Å². The number of nitrogens with two attached hydrogens (primary N) is 1. The third-order valence-corrected chi connectivity index (χ3v) is 4.20. The molecule has 2 aromatic carbocycles. The Morgan fingerprint density at radius 1 is 1.10 bits per heavy atom. The minimum Gasteiger partial charge on any atom is -0.409 e. The van der Waals surface area contributed by atoms with Crippen molar-refractivity contribution in [1.29, 1.82) is 0 Å². The minimum absolute atomic E-state index is 0.114. The maximum atomic E-state index is 8.98. The van der Waals surface area contributed by atoms with Gasteiger partial charge in [0.2, 0.25) is 0 Å². The Bertz CT molecular complexity index is 660. The summed E-state index contributed by atoms with van der Waals surface area (Å²) < 4.78 is 0.821. The van der Waals surface area contributed by atoms with Crippen molar-refractivity contribution >= 4 is 27.5 Å². The van der Waals surface area contributed by atoms with Gasteiger partial charge in [0.1, 0.15) is 0 Å². The van der Waals surface area contributed by atoms with Gasteiger partial charge in [-0.25, -0.2) is 0 Å². The van der Waals surface area contributed by atoms with Gasteiger partial charge in [-0.05, 0) is 39.2 Å². The highest BCUT2D eigenvalue weighted by Crippen LogP contribution is 2.33. The molecule has 0 saturated carbocycles. The summed E-state index contributed by atoms with van der Waals surface area (Å²) in [6, 6.07) is 14.2. The van der Waals surface area contributed by atoms with Gasteiger partial charge in [-0.1, -0.05) is 35.5 Å². The monoisotopic (exact) mass is 331 g/mol. The Labute approximate surface area is 125 Å². The molecule has 102 valence electrons. The first-order chi connectivity index (χ1) is 9.70. The van der Waals surface area contributed by atoms with Gasteiger partial charge in [-0.15, -0.1) is 0 Å². The van der Waals surface area contributed by atoms with E-state index in [1.165, 1.54) is 11.1 Å². The summed E-state index contributed by atoms with van der Waals surface area (Å²) in [5.41, 5.74) is 10.1. The van der Waals surface area contributed by atoms with Gasteiger partial charge in [-0.2, -0.15) is 0 Å². The van der Waals surface area contributed by atoms with Gasteiger partial charge < -0.3 is 15.8 Å². The van der Waals surface area contributed by atoms with Gasteiger partial charge in [0.05, 0.1) is 5.56 Å². The molecule has 0 unspecified atom stereocenters. The van der Waals surface area contributed by atoms with Crippen molar-refractivity contribution in [3.63, 3.8) is 0 Å². The van der Waals surface area contributed by atoms with E-state index >= 15 is 0 Å². The molecule has 5 heteroatoms. The number of benzene rings is 2. The van der Waals surface area contributed by atoms with Crippen LogP contribution in [0.3, 0.4) is 0 Å². The number of rotatable bonds is 2. The average molecular weight is 332 g/mol. The SMILES string of the molecule is N/C(=N/O)c1c(Br)cccc1N1Cc2ccccc2C1. The van der Waals surface area contributed by atoms with E-state index in [4.69, 9.17) is 10.9 Å². The maximum absolute atomic E-state index is 8.98. The summed E-state index contributed by atoms with van der Waals surface area (Å²) in [6.45, 7) is 1.66. The van der Waals surface area contributed by atoms with E-state index in [0.717, 1.165) is 28.8 Å². The standard InChI is InChI=1S/C15H14BrN3O/c16-12-6-3-7-13(14(12)15(17)18-20)19-8-10-4-1-2-5-11(10)9-19/h1-7,20H,8-9H2,(H2,17,18). The normalized spacial score (nSPS) is 14.4. The first-order valence-electron chi connectivity index (χ1n) is 6.29. The lowest BCUT2D eigenvalue weighted by Gasteiger charge is -2.21. The minimum atomic E-state index is 0.114. The molecule has 0 aliphatic carbocycles. The molecule has 2 aromatic rings. The number of anilines is 1. The number of nitrogens with zero attached hydrogens (tertiary/aromatic N) is 2. The topological polar surface area (TPSA) is 61.9 Å². The molecule has 3 N–H and O–H groups in total. The van der Waals surface area contributed by atoms with Crippen LogP contribution in [0.1, 0.15) is 16.7 Å². The van der Waals surface area contributed by atoms with Gasteiger partial charge in [-0.3, -0.25) is 0 Å². The number of oxime groups is 1. The van der Waals surface area contributed by atoms with Crippen LogP contribution in [0.2, 0.25) is 0 Å². The molecule has 1 aliphatic heterocycles. The zero-order valence-electron chi connectivity index (χ0n) is 10.8. The summed E-state index contributed by atoms with van der Waals surface area (Å²) in [4.78, 5) is 2.22. The molecule has 20 heavy (non-hydrogen) atoms. The van der Waals surface area contributed by atoms with Gasteiger partial charge in [0.15, 0.2) is 5.84 Å². The van der Waals surface area contributed by atoms with Crippen LogP contribution in [-0.4, -0.2) is 11.0 Å². The lowest BCUT2D eigenvalue weighted by Crippen LogP contribution is -2.22. The van der Waals surface area contributed by atoms with Gasteiger partial charge in [0, 0.05) is 23.2 Å². The fourth-order valence-corrected chi connectivity index (χ4v) is 3.14. The molecule has 1 aliphatic rings. The number of halogens is 1. The van der Waals surface area contributed by atoms with Crippen molar-refractivity contribution in [2.45, 2.75) is 13.1 Å². The van der Waals surface area contributed by atoms with Crippen LogP contribution < -0.4 is 10.6 Å². The van der Waals surface area contributed by atoms with Crippen LogP contribution >= 0.6 is 15.9 Å². The van der Waals surface area contributed by atoms with Crippen molar-refractivity contribution in [2.24, 2.45) is 10.9 Å². The van der Waals surface area contributed by atoms with Crippen molar-refractivity contribution in [2.75, 3.05) is 4.90 Å². The van der Waals surface area contributed by atoms with Crippen molar-refractivity contribution in [1.82, 2.24) is 0 Å². The smallest absolute Gasteiger partial charge is 0.173 e. The van der Waals surface area contributed by atoms with Gasteiger partial charge >= 0.3 is 0 Å². The first kappa shape index (κ1) is 13.0. The summed E-state index contributed by atoms with van der Waals surface area (Å²) >= 11 is 3.47. The van der Waals surface area contributed by atoms with Crippen LogP contribution in [0.15, 0.2) is 52.1 Å². The fourth-order valence-electron chi connectivity index (χ4n) is 2.58. The predicted molar refractivity (Wildman–Crippen MR) is 83.0 cm³/mol. The Balaban J connectivity index is 2.03. The largest absolute Gasteiger partial charge is 0.409 e. The van der Waals surface area contributed by atoms with Crippen molar-refractivity contribution in [3.05, 3.63) is 63.6 Å². The highest BCUT2D eigenvalue weighted by Gasteiger charge is 2.23. The summed E-state index contributed by atoms with van der Waals surface area (Å²) in [7, 11) is 0. The van der Waals surface area contributed by atoms with E-state index in [9.17, 15) is 0 Å². The molecule has 0 saturated heterocycles. The number of hydrogen-bond acceptors (Lipinski definition) is 3. The Hall–Kier alpha value is -2.01. The van der Waals surface area contributed by atoms with E-state index < -0.39 is 0 Å². The van der Waals surface area contributed by atoms with Crippen LogP contribution in [0.25, 0.3) is 0 Å². The second-order valence-corrected chi connectivity index (χ2v) is 5.60. The molecule has 0 fully saturated rings. The fraction of sp³-hybridized carbons (Fsp3) is 0.133. The third kappa shape index (κ3) is 2.14. The van der Waals surface area contributed by atoms with E-state index in [-0.39, 0.29) is 5.84 Å². The van der Waals surface area contributed by atoms with Crippen LogP contribution in [0.4, 0.5) is 5.69 Å². The summed E-state index contributed by atoms with van der Waals surface area (Å²) in [6.07, 6.45) is 0. The molecular formula is C15H14BrN3O. The average Bonchev–Trinajstić information content (AvgIpc) is 2.90. The Kier molecular flexibility index (Phi) is 3.36. The van der Waals surface area contributed by atoms with Gasteiger partial charge in [0.25, 0.3) is 0 Å². The summed E-state index contributed by atoms with van der Waals surface area (Å²) in [5.74, 6) is 0.114. The molecule has 1 heterocycles. The lowest BCUT2D eigenvalue weighted by atomic mass is 10.1. The Morgan fingerprint density at radius 2 is 1.75 bits per heavy atom. The second-order valence-electron chi connectivity index (χ2n) is 4.74. The van der Waals surface area contributed by atoms with Crippen LogP contribution in [0.5, 0.6) is 0 Å². The predicted octanol–water partition coefficient (Wildman–Crippen LogP) is 3.06. The number of fused-ring (bicyclic) bond motifs is 1. The van der Waals surface area contributed by atoms with E-state index in [0.29, 0.717) is 0 Å². The highest BCUT2D eigenvalue weighted by atomic mass is 79.9. The van der Waals surface area contributed by atoms with E-state index in [2.05, 4.69) is 38.1 Å². The first-order valence-corrected chi connectivity index (χ1v) is 7.08. The molecule has 4 nitrogen and oxygen atoms in total. The van der Waals surface area contributed by atoms with Crippen molar-refractivity contribution < 1.29 is 5.21 Å².